The quantitative estimate of drug-likeness (QED) is 0.790. The molecule has 1 aromatic rings. The number of carbonyl (C=O) groups excluding carboxylic acids is 1. The number of aromatic amines is 1. The van der Waals surface area contributed by atoms with Crippen molar-refractivity contribution in [2.24, 2.45) is 5.92 Å². The summed E-state index contributed by atoms with van der Waals surface area (Å²) in [4.78, 5) is 28.1. The van der Waals surface area contributed by atoms with E-state index in [2.05, 4.69) is 16.4 Å². The summed E-state index contributed by atoms with van der Waals surface area (Å²) in [6.45, 7) is 0.793. The van der Waals surface area contributed by atoms with Crippen molar-refractivity contribution >= 4 is 5.91 Å². The molecule has 2 unspecified atom stereocenters. The number of H-pyrrole nitrogens is 1. The summed E-state index contributed by atoms with van der Waals surface area (Å²) in [5, 5.41) is 11.7. The maximum atomic E-state index is 12.0. The van der Waals surface area contributed by atoms with Crippen molar-refractivity contribution in [3.05, 3.63) is 34.2 Å². The molecular formula is C13H16N4O2. The number of pyridine rings is 1. The van der Waals surface area contributed by atoms with Crippen molar-refractivity contribution in [2.75, 3.05) is 13.6 Å². The van der Waals surface area contributed by atoms with Crippen molar-refractivity contribution in [1.29, 1.82) is 5.26 Å². The molecule has 0 bridgehead atoms. The molecule has 1 amide bonds. The van der Waals surface area contributed by atoms with Gasteiger partial charge in [-0.15, -0.1) is 0 Å². The zero-order chi connectivity index (χ0) is 13.8. The molecule has 2 heterocycles. The second kappa shape index (κ2) is 5.67. The average Bonchev–Trinajstić information content (AvgIpc) is 2.79. The van der Waals surface area contributed by atoms with Crippen LogP contribution in [0.5, 0.6) is 0 Å². The van der Waals surface area contributed by atoms with Gasteiger partial charge < -0.3 is 10.3 Å². The van der Waals surface area contributed by atoms with Gasteiger partial charge in [0.25, 0.3) is 0 Å². The molecule has 19 heavy (non-hydrogen) atoms. The van der Waals surface area contributed by atoms with Crippen LogP contribution in [0.3, 0.4) is 0 Å². The van der Waals surface area contributed by atoms with E-state index in [0.29, 0.717) is 18.5 Å². The number of carbonyl (C=O) groups is 1. The maximum absolute atomic E-state index is 12.0. The van der Waals surface area contributed by atoms with Crippen molar-refractivity contribution in [3.8, 4) is 6.07 Å². The summed E-state index contributed by atoms with van der Waals surface area (Å²) in [7, 11) is 1.84. The van der Waals surface area contributed by atoms with Crippen LogP contribution < -0.4 is 10.7 Å². The van der Waals surface area contributed by atoms with E-state index < -0.39 is 0 Å². The number of amides is 1. The Labute approximate surface area is 111 Å². The van der Waals surface area contributed by atoms with Crippen LogP contribution in [0, 0.1) is 17.2 Å². The van der Waals surface area contributed by atoms with E-state index in [0.717, 1.165) is 0 Å². The van der Waals surface area contributed by atoms with Gasteiger partial charge in [0, 0.05) is 37.1 Å². The maximum Gasteiger partial charge on any atom is 0.224 e. The summed E-state index contributed by atoms with van der Waals surface area (Å²) in [6, 6.07) is 3.40. The number of nitrogens with zero attached hydrogens (tertiary/aromatic N) is 2. The monoisotopic (exact) mass is 260 g/mol. The minimum absolute atomic E-state index is 0.0995. The molecule has 0 spiro atoms. The summed E-state index contributed by atoms with van der Waals surface area (Å²) in [5.41, 5.74) is 0.427. The van der Waals surface area contributed by atoms with E-state index in [9.17, 15) is 9.59 Å². The van der Waals surface area contributed by atoms with Gasteiger partial charge >= 0.3 is 0 Å². The fraction of sp³-hybridized carbons (Fsp3) is 0.462. The molecule has 2 N–H and O–H groups in total. The zero-order valence-corrected chi connectivity index (χ0v) is 10.7. The molecule has 0 radical (unpaired) electrons. The van der Waals surface area contributed by atoms with Crippen LogP contribution in [0.2, 0.25) is 0 Å². The van der Waals surface area contributed by atoms with Crippen LogP contribution in [0.4, 0.5) is 0 Å². The lowest BCUT2D eigenvalue weighted by Gasteiger charge is -2.11. The number of nitriles is 1. The third kappa shape index (κ3) is 3.01. The lowest BCUT2D eigenvalue weighted by molar-refractivity contribution is -0.124. The normalized spacial score (nSPS) is 22.9. The van der Waals surface area contributed by atoms with Gasteiger partial charge in [0.05, 0.1) is 18.0 Å². The van der Waals surface area contributed by atoms with Crippen LogP contribution >= 0.6 is 0 Å². The first-order valence-electron chi connectivity index (χ1n) is 6.15. The van der Waals surface area contributed by atoms with Gasteiger partial charge in [-0.2, -0.15) is 5.26 Å². The highest BCUT2D eigenvalue weighted by Crippen LogP contribution is 2.21. The Balaban J connectivity index is 1.91. The third-order valence-electron chi connectivity index (χ3n) is 3.43. The minimum atomic E-state index is -0.198. The predicted octanol–water partition coefficient (Wildman–Crippen LogP) is -0.165. The molecule has 2 atom stereocenters. The molecule has 1 aliphatic rings. The summed E-state index contributed by atoms with van der Waals surface area (Å²) in [6.07, 6.45) is 3.68. The highest BCUT2D eigenvalue weighted by molar-refractivity contribution is 5.79. The lowest BCUT2D eigenvalue weighted by atomic mass is 10.1. The van der Waals surface area contributed by atoms with Crippen LogP contribution in [-0.4, -0.2) is 35.4 Å². The Kier molecular flexibility index (Phi) is 3.97. The number of hydrogen-bond acceptors (Lipinski definition) is 4. The molecule has 0 aliphatic carbocycles. The highest BCUT2D eigenvalue weighted by Gasteiger charge is 2.33. The first kappa shape index (κ1) is 13.3. The molecule has 6 heteroatoms. The third-order valence-corrected chi connectivity index (χ3v) is 3.43. The minimum Gasteiger partial charge on any atom is -0.367 e. The fourth-order valence-electron chi connectivity index (χ4n) is 2.26. The summed E-state index contributed by atoms with van der Waals surface area (Å²) in [5.74, 6) is -0.287. The SMILES string of the molecule is CN1CC(C(=O)NCc2c[nH]ccc2=O)CC1C#N. The topological polar surface area (TPSA) is 89.0 Å². The van der Waals surface area contributed by atoms with Crippen LogP contribution in [0.25, 0.3) is 0 Å². The van der Waals surface area contributed by atoms with Crippen LogP contribution in [-0.2, 0) is 11.3 Å². The lowest BCUT2D eigenvalue weighted by Crippen LogP contribution is -2.33. The van der Waals surface area contributed by atoms with Crippen LogP contribution in [0.1, 0.15) is 12.0 Å². The number of rotatable bonds is 3. The number of likely N-dealkylation sites (tertiary alicyclic amines) is 1. The van der Waals surface area contributed by atoms with E-state index in [1.807, 2.05) is 11.9 Å². The summed E-state index contributed by atoms with van der Waals surface area (Å²) < 4.78 is 0. The largest absolute Gasteiger partial charge is 0.367 e. The van der Waals surface area contributed by atoms with Gasteiger partial charge in [-0.1, -0.05) is 0 Å². The first-order valence-corrected chi connectivity index (χ1v) is 6.15. The summed E-state index contributed by atoms with van der Waals surface area (Å²) >= 11 is 0. The van der Waals surface area contributed by atoms with Crippen molar-refractivity contribution in [2.45, 2.75) is 19.0 Å². The van der Waals surface area contributed by atoms with E-state index in [-0.39, 0.29) is 29.8 Å². The molecule has 0 saturated carbocycles. The van der Waals surface area contributed by atoms with Crippen molar-refractivity contribution < 1.29 is 4.79 Å². The average molecular weight is 260 g/mol. The Morgan fingerprint density at radius 3 is 3.11 bits per heavy atom. The number of aromatic nitrogens is 1. The molecule has 1 fully saturated rings. The smallest absolute Gasteiger partial charge is 0.224 e. The molecule has 100 valence electrons. The molecule has 6 nitrogen and oxygen atoms in total. The number of hydrogen-bond donors (Lipinski definition) is 2. The van der Waals surface area contributed by atoms with Gasteiger partial charge in [0.15, 0.2) is 5.43 Å². The van der Waals surface area contributed by atoms with Gasteiger partial charge in [-0.05, 0) is 13.5 Å². The first-order chi connectivity index (χ1) is 9.11. The molecular weight excluding hydrogens is 244 g/mol. The van der Waals surface area contributed by atoms with Crippen molar-refractivity contribution in [3.63, 3.8) is 0 Å². The van der Waals surface area contributed by atoms with Crippen LogP contribution in [0.15, 0.2) is 23.3 Å². The molecule has 0 aromatic carbocycles. The van der Waals surface area contributed by atoms with E-state index >= 15 is 0 Å². The molecule has 1 aromatic heterocycles. The zero-order valence-electron chi connectivity index (χ0n) is 10.7. The van der Waals surface area contributed by atoms with E-state index in [1.54, 1.807) is 12.4 Å². The molecule has 1 aliphatic heterocycles. The number of nitrogens with one attached hydrogen (secondary N) is 2. The van der Waals surface area contributed by atoms with Gasteiger partial charge in [-0.3, -0.25) is 14.5 Å². The second-order valence-corrected chi connectivity index (χ2v) is 4.77. The second-order valence-electron chi connectivity index (χ2n) is 4.77. The Hall–Kier alpha value is -2.13. The van der Waals surface area contributed by atoms with Crippen molar-refractivity contribution in [1.82, 2.24) is 15.2 Å². The van der Waals surface area contributed by atoms with Gasteiger partial charge in [-0.25, -0.2) is 0 Å². The Bertz CT molecular complexity index is 560. The van der Waals surface area contributed by atoms with Gasteiger partial charge in [0.2, 0.25) is 5.91 Å². The predicted molar refractivity (Wildman–Crippen MR) is 69.0 cm³/mol. The molecule has 1 saturated heterocycles. The highest BCUT2D eigenvalue weighted by atomic mass is 16.2. The Morgan fingerprint density at radius 1 is 1.68 bits per heavy atom. The Morgan fingerprint density at radius 2 is 2.47 bits per heavy atom. The van der Waals surface area contributed by atoms with Gasteiger partial charge in [0.1, 0.15) is 0 Å². The molecule has 2 rings (SSSR count). The van der Waals surface area contributed by atoms with E-state index in [1.165, 1.54) is 6.07 Å². The van der Waals surface area contributed by atoms with E-state index in [4.69, 9.17) is 5.26 Å². The standard InChI is InChI=1S/C13H16N4O2/c1-17-8-9(4-11(17)5-14)13(19)16-7-10-6-15-3-2-12(10)18/h2-3,6,9,11H,4,7-8H2,1H3,(H,15,18)(H,16,19). The fourth-order valence-corrected chi connectivity index (χ4v) is 2.26.